The molecule has 0 atom stereocenters. The minimum absolute atomic E-state index is 0.151. The van der Waals surface area contributed by atoms with E-state index in [1.54, 1.807) is 13.3 Å². The Morgan fingerprint density at radius 3 is 2.89 bits per heavy atom. The van der Waals surface area contributed by atoms with Crippen molar-refractivity contribution in [2.24, 2.45) is 0 Å². The number of aromatic nitrogens is 3. The number of aromatic amines is 1. The first kappa shape index (κ1) is 17.3. The summed E-state index contributed by atoms with van der Waals surface area (Å²) in [6.45, 7) is 1.28. The van der Waals surface area contributed by atoms with Gasteiger partial charge in [0.1, 0.15) is 11.4 Å². The van der Waals surface area contributed by atoms with Gasteiger partial charge in [-0.3, -0.25) is 14.9 Å². The second-order valence-electron chi connectivity index (χ2n) is 6.62. The van der Waals surface area contributed by atoms with Crippen molar-refractivity contribution in [2.75, 3.05) is 13.7 Å². The first-order chi connectivity index (χ1) is 13.3. The van der Waals surface area contributed by atoms with Gasteiger partial charge in [0.15, 0.2) is 0 Å². The number of fused-ring (bicyclic) bond motifs is 1. The Morgan fingerprint density at radius 2 is 2.07 bits per heavy atom. The summed E-state index contributed by atoms with van der Waals surface area (Å²) < 4.78 is 5.48. The van der Waals surface area contributed by atoms with E-state index in [0.717, 1.165) is 40.4 Å². The number of aryl methyl sites for hydroxylation is 1. The number of ether oxygens (including phenoxy) is 1. The Kier molecular flexibility index (Phi) is 4.87. The number of nitrogens with one attached hydrogen (secondary N) is 1. The van der Waals surface area contributed by atoms with Gasteiger partial charge in [-0.15, -0.1) is 0 Å². The predicted molar refractivity (Wildman–Crippen MR) is 102 cm³/mol. The van der Waals surface area contributed by atoms with E-state index in [0.29, 0.717) is 25.9 Å². The third-order valence-corrected chi connectivity index (χ3v) is 4.97. The molecule has 1 N–H and O–H groups in total. The highest BCUT2D eigenvalue weighted by atomic mass is 16.5. The summed E-state index contributed by atoms with van der Waals surface area (Å²) in [5.74, 6) is 0.934. The van der Waals surface area contributed by atoms with Crippen LogP contribution in [0.4, 0.5) is 0 Å². The molecule has 0 aliphatic carbocycles. The van der Waals surface area contributed by atoms with Crippen molar-refractivity contribution in [3.05, 3.63) is 65.6 Å². The van der Waals surface area contributed by atoms with Gasteiger partial charge in [0, 0.05) is 54.6 Å². The maximum Gasteiger partial charge on any atom is 0.223 e. The van der Waals surface area contributed by atoms with Crippen LogP contribution in [0.25, 0.3) is 11.3 Å². The number of carbonyl (C=O) groups is 1. The van der Waals surface area contributed by atoms with Gasteiger partial charge >= 0.3 is 0 Å². The lowest BCUT2D eigenvalue weighted by atomic mass is 10.00. The third kappa shape index (κ3) is 3.56. The number of nitrogens with zero attached hydrogens (tertiary/aromatic N) is 3. The number of hydrogen-bond donors (Lipinski definition) is 1. The van der Waals surface area contributed by atoms with Crippen molar-refractivity contribution in [1.29, 1.82) is 0 Å². The van der Waals surface area contributed by atoms with E-state index in [4.69, 9.17) is 4.74 Å². The summed E-state index contributed by atoms with van der Waals surface area (Å²) in [7, 11) is 1.66. The molecule has 1 aliphatic heterocycles. The third-order valence-electron chi connectivity index (χ3n) is 4.97. The number of amides is 1. The summed E-state index contributed by atoms with van der Waals surface area (Å²) in [6, 6.07) is 13.6. The average Bonchev–Trinajstić information content (AvgIpc) is 3.15. The molecule has 3 aromatic rings. The lowest BCUT2D eigenvalue weighted by Crippen LogP contribution is -2.36. The highest BCUT2D eigenvalue weighted by molar-refractivity contribution is 5.78. The summed E-state index contributed by atoms with van der Waals surface area (Å²) in [5.41, 5.74) is 4.94. The fraction of sp³-hybridized carbons (Fsp3) is 0.286. The van der Waals surface area contributed by atoms with Crippen LogP contribution in [0, 0.1) is 0 Å². The van der Waals surface area contributed by atoms with Gasteiger partial charge in [-0.05, 0) is 30.7 Å². The van der Waals surface area contributed by atoms with Gasteiger partial charge in [0.05, 0.1) is 7.11 Å². The van der Waals surface area contributed by atoms with Gasteiger partial charge in [-0.25, -0.2) is 0 Å². The van der Waals surface area contributed by atoms with E-state index >= 15 is 0 Å². The minimum Gasteiger partial charge on any atom is -0.496 e. The second kappa shape index (κ2) is 7.61. The van der Waals surface area contributed by atoms with Crippen molar-refractivity contribution in [3.8, 4) is 17.0 Å². The molecule has 1 aliphatic rings. The largest absolute Gasteiger partial charge is 0.496 e. The first-order valence-electron chi connectivity index (χ1n) is 9.13. The zero-order chi connectivity index (χ0) is 18.6. The maximum absolute atomic E-state index is 12.7. The van der Waals surface area contributed by atoms with Crippen LogP contribution in [-0.4, -0.2) is 39.6 Å². The van der Waals surface area contributed by atoms with Gasteiger partial charge in [0.2, 0.25) is 5.91 Å². The quantitative estimate of drug-likeness (QED) is 0.757. The molecule has 1 aromatic carbocycles. The SMILES string of the molecule is COc1ccccc1-c1n[nH]c2c1CN(C(=O)CCc1ccccn1)CC2. The molecular weight excluding hydrogens is 340 g/mol. The summed E-state index contributed by atoms with van der Waals surface area (Å²) in [4.78, 5) is 18.9. The highest BCUT2D eigenvalue weighted by Gasteiger charge is 2.26. The summed E-state index contributed by atoms with van der Waals surface area (Å²) in [6.07, 6.45) is 3.67. The molecule has 6 nitrogen and oxygen atoms in total. The number of pyridine rings is 1. The van der Waals surface area contributed by atoms with Crippen LogP contribution in [0.3, 0.4) is 0 Å². The van der Waals surface area contributed by atoms with Crippen molar-refractivity contribution in [3.63, 3.8) is 0 Å². The first-order valence-corrected chi connectivity index (χ1v) is 9.13. The summed E-state index contributed by atoms with van der Waals surface area (Å²) in [5, 5.41) is 7.65. The molecule has 3 heterocycles. The molecule has 1 amide bonds. The van der Waals surface area contributed by atoms with Crippen molar-refractivity contribution < 1.29 is 9.53 Å². The molecule has 0 saturated carbocycles. The number of carbonyl (C=O) groups excluding carboxylic acids is 1. The number of H-pyrrole nitrogens is 1. The fourth-order valence-electron chi connectivity index (χ4n) is 3.51. The van der Waals surface area contributed by atoms with Crippen LogP contribution in [0.2, 0.25) is 0 Å². The smallest absolute Gasteiger partial charge is 0.223 e. The molecule has 27 heavy (non-hydrogen) atoms. The molecule has 4 rings (SSSR count). The topological polar surface area (TPSA) is 71.1 Å². The zero-order valence-electron chi connectivity index (χ0n) is 15.3. The Balaban J connectivity index is 1.51. The number of hydrogen-bond acceptors (Lipinski definition) is 4. The molecule has 2 aromatic heterocycles. The van der Waals surface area contributed by atoms with Crippen molar-refractivity contribution in [2.45, 2.75) is 25.8 Å². The minimum atomic E-state index is 0.151. The number of para-hydroxylation sites is 1. The molecule has 138 valence electrons. The molecular formula is C21H22N4O2. The van der Waals surface area contributed by atoms with E-state index in [-0.39, 0.29) is 5.91 Å². The van der Waals surface area contributed by atoms with E-state index < -0.39 is 0 Å². The van der Waals surface area contributed by atoms with Crippen LogP contribution in [0.15, 0.2) is 48.7 Å². The molecule has 0 fully saturated rings. The van der Waals surface area contributed by atoms with Gasteiger partial charge < -0.3 is 9.64 Å². The van der Waals surface area contributed by atoms with Crippen LogP contribution in [0.5, 0.6) is 5.75 Å². The monoisotopic (exact) mass is 362 g/mol. The predicted octanol–water partition coefficient (Wildman–Crippen LogP) is 3.00. The van der Waals surface area contributed by atoms with Crippen LogP contribution >= 0.6 is 0 Å². The lowest BCUT2D eigenvalue weighted by Gasteiger charge is -2.27. The number of benzene rings is 1. The van der Waals surface area contributed by atoms with E-state index in [2.05, 4.69) is 15.2 Å². The highest BCUT2D eigenvalue weighted by Crippen LogP contribution is 2.34. The molecule has 0 spiro atoms. The Hall–Kier alpha value is -3.15. The molecule has 6 heteroatoms. The maximum atomic E-state index is 12.7. The Morgan fingerprint density at radius 1 is 1.22 bits per heavy atom. The second-order valence-corrected chi connectivity index (χ2v) is 6.62. The fourth-order valence-corrected chi connectivity index (χ4v) is 3.51. The Labute approximate surface area is 158 Å². The van der Waals surface area contributed by atoms with Crippen molar-refractivity contribution in [1.82, 2.24) is 20.1 Å². The van der Waals surface area contributed by atoms with Crippen LogP contribution in [0.1, 0.15) is 23.4 Å². The van der Waals surface area contributed by atoms with Crippen molar-refractivity contribution >= 4 is 5.91 Å². The zero-order valence-corrected chi connectivity index (χ0v) is 15.3. The van der Waals surface area contributed by atoms with Crippen LogP contribution in [-0.2, 0) is 24.2 Å². The molecule has 0 bridgehead atoms. The number of rotatable bonds is 5. The summed E-state index contributed by atoms with van der Waals surface area (Å²) >= 11 is 0. The van der Waals surface area contributed by atoms with E-state index in [1.165, 1.54) is 0 Å². The number of methoxy groups -OCH3 is 1. The van der Waals surface area contributed by atoms with Gasteiger partial charge in [0.25, 0.3) is 0 Å². The molecule has 0 unspecified atom stereocenters. The van der Waals surface area contributed by atoms with E-state index in [1.807, 2.05) is 47.4 Å². The molecule has 0 saturated heterocycles. The normalized spacial score (nSPS) is 13.3. The lowest BCUT2D eigenvalue weighted by molar-refractivity contribution is -0.132. The molecule has 0 radical (unpaired) electrons. The van der Waals surface area contributed by atoms with Crippen LogP contribution < -0.4 is 4.74 Å². The van der Waals surface area contributed by atoms with Gasteiger partial charge in [-0.1, -0.05) is 18.2 Å². The van der Waals surface area contributed by atoms with E-state index in [9.17, 15) is 4.79 Å². The van der Waals surface area contributed by atoms with Gasteiger partial charge in [-0.2, -0.15) is 5.10 Å². The average molecular weight is 362 g/mol. The standard InChI is InChI=1S/C21H22N4O2/c1-27-19-8-3-2-7-16(19)21-17-14-25(13-11-18(17)23-24-21)20(26)10-9-15-6-4-5-12-22-15/h2-8,12H,9-11,13-14H2,1H3,(H,23,24). The Bertz CT molecular complexity index is 936.